The highest BCUT2D eigenvalue weighted by Crippen LogP contribution is 2.28. The summed E-state index contributed by atoms with van der Waals surface area (Å²) in [6, 6.07) is 5.11. The predicted molar refractivity (Wildman–Crippen MR) is 77.4 cm³/mol. The molecule has 0 unspecified atom stereocenters. The highest BCUT2D eigenvalue weighted by molar-refractivity contribution is 6.29. The number of rotatable bonds is 2. The zero-order chi connectivity index (χ0) is 14.1. The molecule has 0 aliphatic heterocycles. The van der Waals surface area contributed by atoms with Crippen molar-refractivity contribution in [3.05, 3.63) is 39.7 Å². The number of hydrogen-bond donors (Lipinski definition) is 1. The van der Waals surface area contributed by atoms with Gasteiger partial charge in [-0.25, -0.2) is 4.79 Å². The third-order valence-corrected chi connectivity index (χ3v) is 3.60. The second-order valence-corrected chi connectivity index (χ2v) is 4.87. The first-order valence-electron chi connectivity index (χ1n) is 6.54. The zero-order valence-corrected chi connectivity index (χ0v) is 11.3. The van der Waals surface area contributed by atoms with E-state index in [4.69, 9.17) is 4.42 Å². The third kappa shape index (κ3) is 2.71. The second kappa shape index (κ2) is 5.88. The smallest absolute Gasteiger partial charge is 0.339 e. The summed E-state index contributed by atoms with van der Waals surface area (Å²) >= 11 is 0. The molecule has 3 N–H and O–H groups in total. The van der Waals surface area contributed by atoms with Crippen LogP contribution in [-0.2, 0) is 22.4 Å². The quantitative estimate of drug-likeness (QED) is 0.505. The number of aldehydes is 1. The molecule has 1 amide bonds. The van der Waals surface area contributed by atoms with Crippen molar-refractivity contribution in [2.24, 2.45) is 0 Å². The molecule has 0 fully saturated rings. The Kier molecular flexibility index (Phi) is 4.18. The standard InChI is InChI=1S/C15H13NO4.H2O/c17-8-14(18)16-9-5-6-11-10-3-1-2-4-12(10)15(19)20-13(11)7-9;/h5-8H,1-4H2,(H,16,18);1H2. The van der Waals surface area contributed by atoms with Gasteiger partial charge in [0.2, 0.25) is 6.29 Å². The van der Waals surface area contributed by atoms with Crippen molar-refractivity contribution in [2.45, 2.75) is 25.7 Å². The molecule has 1 aromatic carbocycles. The van der Waals surface area contributed by atoms with E-state index in [-0.39, 0.29) is 17.4 Å². The average Bonchev–Trinajstić information content (AvgIpc) is 2.47. The highest BCUT2D eigenvalue weighted by Gasteiger charge is 2.18. The lowest BCUT2D eigenvalue weighted by molar-refractivity contribution is -0.127. The molecule has 3 rings (SSSR count). The Bertz CT molecular complexity index is 762. The van der Waals surface area contributed by atoms with Crippen LogP contribution in [0.4, 0.5) is 5.69 Å². The van der Waals surface area contributed by atoms with Crippen molar-refractivity contribution in [1.29, 1.82) is 0 Å². The minimum Gasteiger partial charge on any atom is -0.422 e. The Labute approximate surface area is 120 Å². The van der Waals surface area contributed by atoms with Crippen molar-refractivity contribution in [3.63, 3.8) is 0 Å². The molecular weight excluding hydrogens is 274 g/mol. The van der Waals surface area contributed by atoms with Gasteiger partial charge in [-0.15, -0.1) is 0 Å². The maximum absolute atomic E-state index is 12.0. The fraction of sp³-hybridized carbons (Fsp3) is 0.267. The first-order valence-corrected chi connectivity index (χ1v) is 6.54. The van der Waals surface area contributed by atoms with Crippen LogP contribution in [-0.4, -0.2) is 17.7 Å². The van der Waals surface area contributed by atoms with Gasteiger partial charge in [0.1, 0.15) is 5.58 Å². The summed E-state index contributed by atoms with van der Waals surface area (Å²) in [5.41, 5.74) is 2.41. The lowest BCUT2D eigenvalue weighted by atomic mass is 9.90. The van der Waals surface area contributed by atoms with Gasteiger partial charge in [0.05, 0.1) is 0 Å². The molecule has 2 aromatic rings. The normalized spacial score (nSPS) is 13.1. The second-order valence-electron chi connectivity index (χ2n) is 4.87. The van der Waals surface area contributed by atoms with Crippen LogP contribution in [0.25, 0.3) is 11.0 Å². The van der Waals surface area contributed by atoms with Crippen LogP contribution in [0.1, 0.15) is 24.0 Å². The Morgan fingerprint density at radius 1 is 1.19 bits per heavy atom. The molecule has 0 atom stereocenters. The van der Waals surface area contributed by atoms with E-state index in [0.29, 0.717) is 11.3 Å². The van der Waals surface area contributed by atoms with Crippen LogP contribution >= 0.6 is 0 Å². The summed E-state index contributed by atoms with van der Waals surface area (Å²) in [6.07, 6.45) is 3.91. The van der Waals surface area contributed by atoms with E-state index >= 15 is 0 Å². The Morgan fingerprint density at radius 3 is 2.62 bits per heavy atom. The van der Waals surface area contributed by atoms with Gasteiger partial charge in [0, 0.05) is 22.7 Å². The van der Waals surface area contributed by atoms with Gasteiger partial charge in [-0.05, 0) is 43.4 Å². The third-order valence-electron chi connectivity index (χ3n) is 3.60. The van der Waals surface area contributed by atoms with Gasteiger partial charge in [0.15, 0.2) is 0 Å². The number of anilines is 1. The summed E-state index contributed by atoms with van der Waals surface area (Å²) in [7, 11) is 0. The van der Waals surface area contributed by atoms with E-state index in [1.54, 1.807) is 12.1 Å². The fourth-order valence-electron chi connectivity index (χ4n) is 2.69. The Morgan fingerprint density at radius 2 is 1.90 bits per heavy atom. The fourth-order valence-corrected chi connectivity index (χ4v) is 2.69. The van der Waals surface area contributed by atoms with Gasteiger partial charge in [-0.2, -0.15) is 0 Å². The number of carbonyl (C=O) groups excluding carboxylic acids is 2. The molecule has 6 nitrogen and oxygen atoms in total. The van der Waals surface area contributed by atoms with E-state index in [2.05, 4.69) is 5.32 Å². The lowest BCUT2D eigenvalue weighted by Crippen LogP contribution is -2.16. The molecule has 1 aliphatic carbocycles. The largest absolute Gasteiger partial charge is 0.422 e. The molecule has 21 heavy (non-hydrogen) atoms. The van der Waals surface area contributed by atoms with Gasteiger partial charge in [-0.1, -0.05) is 0 Å². The molecule has 0 bridgehead atoms. The molecule has 110 valence electrons. The number of aryl methyl sites for hydroxylation is 1. The van der Waals surface area contributed by atoms with Crippen LogP contribution < -0.4 is 10.9 Å². The van der Waals surface area contributed by atoms with Crippen LogP contribution in [0.15, 0.2) is 27.4 Å². The maximum atomic E-state index is 12.0. The van der Waals surface area contributed by atoms with Gasteiger partial charge in [-0.3, -0.25) is 9.59 Å². The molecule has 0 saturated heterocycles. The van der Waals surface area contributed by atoms with E-state index in [1.807, 2.05) is 6.07 Å². The molecule has 0 spiro atoms. The molecule has 0 saturated carbocycles. The Balaban J connectivity index is 0.00000161. The summed E-state index contributed by atoms with van der Waals surface area (Å²) in [6.45, 7) is 0. The SMILES string of the molecule is O.O=CC(=O)Nc1ccc2c3c(c(=O)oc2c1)CCCC3. The lowest BCUT2D eigenvalue weighted by Gasteiger charge is -2.16. The number of benzene rings is 1. The zero-order valence-electron chi connectivity index (χ0n) is 11.3. The van der Waals surface area contributed by atoms with Crippen molar-refractivity contribution in [2.75, 3.05) is 5.32 Å². The minimum absolute atomic E-state index is 0. The van der Waals surface area contributed by atoms with Crippen LogP contribution in [0.3, 0.4) is 0 Å². The van der Waals surface area contributed by atoms with E-state index < -0.39 is 5.91 Å². The van der Waals surface area contributed by atoms with Crippen LogP contribution in [0.5, 0.6) is 0 Å². The molecule has 6 heteroatoms. The average molecular weight is 289 g/mol. The van der Waals surface area contributed by atoms with E-state index in [9.17, 15) is 14.4 Å². The van der Waals surface area contributed by atoms with Crippen LogP contribution in [0, 0.1) is 0 Å². The number of nitrogens with one attached hydrogen (secondary N) is 1. The summed E-state index contributed by atoms with van der Waals surface area (Å²) in [5, 5.41) is 3.32. The number of hydrogen-bond acceptors (Lipinski definition) is 4. The first-order chi connectivity index (χ1) is 9.69. The monoisotopic (exact) mass is 289 g/mol. The van der Waals surface area contributed by atoms with E-state index in [0.717, 1.165) is 42.2 Å². The molecule has 1 aromatic heterocycles. The van der Waals surface area contributed by atoms with Gasteiger partial charge >= 0.3 is 5.63 Å². The topological polar surface area (TPSA) is 108 Å². The molecule has 1 aliphatic rings. The van der Waals surface area contributed by atoms with Gasteiger partial charge < -0.3 is 15.2 Å². The number of fused-ring (bicyclic) bond motifs is 3. The molecule has 1 heterocycles. The predicted octanol–water partition coefficient (Wildman–Crippen LogP) is 0.984. The number of amides is 1. The molecular formula is C15H15NO5. The van der Waals surface area contributed by atoms with Gasteiger partial charge in [0.25, 0.3) is 5.91 Å². The summed E-state index contributed by atoms with van der Waals surface area (Å²) in [5.74, 6) is -0.732. The number of carbonyl (C=O) groups is 2. The summed E-state index contributed by atoms with van der Waals surface area (Å²) in [4.78, 5) is 33.3. The van der Waals surface area contributed by atoms with Crippen molar-refractivity contribution in [3.8, 4) is 0 Å². The van der Waals surface area contributed by atoms with Crippen LogP contribution in [0.2, 0.25) is 0 Å². The highest BCUT2D eigenvalue weighted by atomic mass is 16.4. The van der Waals surface area contributed by atoms with Crippen molar-refractivity contribution >= 4 is 28.8 Å². The minimum atomic E-state index is -0.732. The van der Waals surface area contributed by atoms with Crippen molar-refractivity contribution < 1.29 is 19.5 Å². The van der Waals surface area contributed by atoms with Crippen molar-refractivity contribution in [1.82, 2.24) is 0 Å². The molecule has 0 radical (unpaired) electrons. The first kappa shape index (κ1) is 14.9. The summed E-state index contributed by atoms with van der Waals surface area (Å²) < 4.78 is 5.32. The Hall–Kier alpha value is -2.47. The van der Waals surface area contributed by atoms with E-state index in [1.165, 1.54) is 0 Å². The maximum Gasteiger partial charge on any atom is 0.339 e.